The highest BCUT2D eigenvalue weighted by molar-refractivity contribution is 6.31. The Morgan fingerprint density at radius 1 is 0.958 bits per heavy atom. The van der Waals surface area contributed by atoms with Gasteiger partial charge in [0.25, 0.3) is 0 Å². The van der Waals surface area contributed by atoms with Crippen LogP contribution in [0, 0.1) is 0 Å². The molecule has 2 aromatic carbocycles. The molecule has 0 radical (unpaired) electrons. The predicted octanol–water partition coefficient (Wildman–Crippen LogP) is 4.02. The summed E-state index contributed by atoms with van der Waals surface area (Å²) in [5.74, 6) is -2.47. The molecule has 24 heavy (non-hydrogen) atoms. The third-order valence-electron chi connectivity index (χ3n) is 2.97. The van der Waals surface area contributed by atoms with E-state index < -0.39 is 12.1 Å². The number of halogens is 4. The minimum absolute atomic E-state index is 0.0127. The minimum atomic E-state index is -4.98. The van der Waals surface area contributed by atoms with Crippen LogP contribution in [0.5, 0.6) is 0 Å². The molecule has 0 aliphatic rings. The topological polar surface area (TPSA) is 58.2 Å². The highest BCUT2D eigenvalue weighted by Crippen LogP contribution is 2.21. The van der Waals surface area contributed by atoms with Gasteiger partial charge in [-0.3, -0.25) is 9.59 Å². The number of anilines is 2. The Morgan fingerprint density at radius 3 is 2.21 bits per heavy atom. The van der Waals surface area contributed by atoms with Gasteiger partial charge in [-0.15, -0.1) is 0 Å². The van der Waals surface area contributed by atoms with E-state index in [0.29, 0.717) is 10.6 Å². The van der Waals surface area contributed by atoms with Crippen LogP contribution in [0.15, 0.2) is 48.5 Å². The van der Waals surface area contributed by atoms with E-state index in [-0.39, 0.29) is 23.7 Å². The number of carbonyl (C=O) groups is 2. The van der Waals surface area contributed by atoms with Crippen molar-refractivity contribution in [3.8, 4) is 0 Å². The summed E-state index contributed by atoms with van der Waals surface area (Å²) in [6.07, 6.45) is -4.97. The normalized spacial score (nSPS) is 11.0. The third kappa shape index (κ3) is 4.99. The molecule has 0 aliphatic heterocycles. The summed E-state index contributed by atoms with van der Waals surface area (Å²) in [6, 6.07) is 12.2. The maximum absolute atomic E-state index is 12.2. The number of nitrogens with one attached hydrogen (secondary N) is 2. The maximum Gasteiger partial charge on any atom is 0.471 e. The van der Waals surface area contributed by atoms with Crippen molar-refractivity contribution in [2.45, 2.75) is 12.6 Å². The molecule has 0 saturated heterocycles. The van der Waals surface area contributed by atoms with Crippen LogP contribution < -0.4 is 10.6 Å². The first-order valence-corrected chi connectivity index (χ1v) is 7.15. The second kappa shape index (κ2) is 7.35. The van der Waals surface area contributed by atoms with Crippen molar-refractivity contribution in [2.24, 2.45) is 0 Å². The maximum atomic E-state index is 12.2. The number of alkyl halides is 3. The van der Waals surface area contributed by atoms with Gasteiger partial charge in [0, 0.05) is 16.4 Å². The highest BCUT2D eigenvalue weighted by Gasteiger charge is 2.38. The average molecular weight is 357 g/mol. The van der Waals surface area contributed by atoms with E-state index in [0.717, 1.165) is 0 Å². The molecular weight excluding hydrogens is 345 g/mol. The van der Waals surface area contributed by atoms with Crippen LogP contribution in [0.1, 0.15) is 5.56 Å². The fraction of sp³-hybridized carbons (Fsp3) is 0.125. The van der Waals surface area contributed by atoms with E-state index in [2.05, 4.69) is 5.32 Å². The molecule has 2 aromatic rings. The summed E-state index contributed by atoms with van der Waals surface area (Å²) in [5, 5.41) is 4.70. The van der Waals surface area contributed by atoms with E-state index in [1.165, 1.54) is 24.3 Å². The Kier molecular flexibility index (Phi) is 5.46. The van der Waals surface area contributed by atoms with Gasteiger partial charge in [0.15, 0.2) is 0 Å². The summed E-state index contributed by atoms with van der Waals surface area (Å²) in [4.78, 5) is 22.9. The Bertz CT molecular complexity index is 763. The van der Waals surface area contributed by atoms with Gasteiger partial charge in [-0.1, -0.05) is 35.9 Å². The zero-order valence-corrected chi connectivity index (χ0v) is 12.9. The molecule has 0 aliphatic carbocycles. The third-order valence-corrected chi connectivity index (χ3v) is 3.34. The number of carbonyl (C=O) groups excluding carboxylic acids is 2. The SMILES string of the molecule is O=C(Cc1ccccc1Cl)Nc1cccc(NC(=O)C(F)(F)F)c1. The van der Waals surface area contributed by atoms with E-state index >= 15 is 0 Å². The fourth-order valence-electron chi connectivity index (χ4n) is 1.90. The molecule has 4 nitrogen and oxygen atoms in total. The van der Waals surface area contributed by atoms with Gasteiger partial charge in [0.2, 0.25) is 5.91 Å². The van der Waals surface area contributed by atoms with E-state index in [9.17, 15) is 22.8 Å². The van der Waals surface area contributed by atoms with Crippen molar-refractivity contribution in [3.05, 3.63) is 59.1 Å². The van der Waals surface area contributed by atoms with Gasteiger partial charge in [0.05, 0.1) is 6.42 Å². The molecule has 0 atom stereocenters. The molecule has 0 unspecified atom stereocenters. The molecule has 0 fully saturated rings. The van der Waals surface area contributed by atoms with Crippen molar-refractivity contribution >= 4 is 34.8 Å². The standard InChI is InChI=1S/C16H12ClF3N2O2/c17-13-7-2-1-4-10(13)8-14(23)21-11-5-3-6-12(9-11)22-15(24)16(18,19)20/h1-7,9H,8H2,(H,21,23)(H,22,24). The predicted molar refractivity (Wildman–Crippen MR) is 84.9 cm³/mol. The molecule has 2 N–H and O–H groups in total. The van der Waals surface area contributed by atoms with Crippen molar-refractivity contribution in [1.29, 1.82) is 0 Å². The number of benzene rings is 2. The number of rotatable bonds is 4. The van der Waals surface area contributed by atoms with Gasteiger partial charge in [-0.05, 0) is 29.8 Å². The number of hydrogen-bond acceptors (Lipinski definition) is 2. The minimum Gasteiger partial charge on any atom is -0.326 e. The summed E-state index contributed by atoms with van der Waals surface area (Å²) in [6.45, 7) is 0. The molecule has 0 saturated carbocycles. The van der Waals surface area contributed by atoms with Crippen molar-refractivity contribution in [3.63, 3.8) is 0 Å². The lowest BCUT2D eigenvalue weighted by atomic mass is 10.1. The zero-order chi connectivity index (χ0) is 17.7. The monoisotopic (exact) mass is 356 g/mol. The van der Waals surface area contributed by atoms with Crippen LogP contribution >= 0.6 is 11.6 Å². The average Bonchev–Trinajstić information content (AvgIpc) is 2.49. The second-order valence-corrected chi connectivity index (χ2v) is 5.26. The summed E-state index contributed by atoms with van der Waals surface area (Å²) in [5.41, 5.74) is 0.804. The molecular formula is C16H12ClF3N2O2. The van der Waals surface area contributed by atoms with Crippen LogP contribution in [-0.2, 0) is 16.0 Å². The smallest absolute Gasteiger partial charge is 0.326 e. The molecule has 2 amide bonds. The first-order chi connectivity index (χ1) is 11.3. The number of hydrogen-bond donors (Lipinski definition) is 2. The lowest BCUT2D eigenvalue weighted by Crippen LogP contribution is -2.29. The van der Waals surface area contributed by atoms with Gasteiger partial charge >= 0.3 is 12.1 Å². The molecule has 0 spiro atoms. The van der Waals surface area contributed by atoms with Crippen LogP contribution in [0.4, 0.5) is 24.5 Å². The Labute approximate surface area is 140 Å². The number of amides is 2. The second-order valence-electron chi connectivity index (χ2n) is 4.85. The summed E-state index contributed by atoms with van der Waals surface area (Å²) in [7, 11) is 0. The Morgan fingerprint density at radius 2 is 1.58 bits per heavy atom. The van der Waals surface area contributed by atoms with E-state index in [1.807, 2.05) is 0 Å². The van der Waals surface area contributed by atoms with Gasteiger partial charge < -0.3 is 10.6 Å². The molecule has 0 aromatic heterocycles. The summed E-state index contributed by atoms with van der Waals surface area (Å²) >= 11 is 5.96. The van der Waals surface area contributed by atoms with Crippen molar-refractivity contribution < 1.29 is 22.8 Å². The van der Waals surface area contributed by atoms with Crippen LogP contribution in [-0.4, -0.2) is 18.0 Å². The highest BCUT2D eigenvalue weighted by atomic mass is 35.5. The van der Waals surface area contributed by atoms with Gasteiger partial charge in [0.1, 0.15) is 0 Å². The summed E-state index contributed by atoms with van der Waals surface area (Å²) < 4.78 is 36.7. The molecule has 8 heteroatoms. The quantitative estimate of drug-likeness (QED) is 0.869. The van der Waals surface area contributed by atoms with Gasteiger partial charge in [-0.25, -0.2) is 0 Å². The lowest BCUT2D eigenvalue weighted by molar-refractivity contribution is -0.167. The van der Waals surface area contributed by atoms with Crippen molar-refractivity contribution in [2.75, 3.05) is 10.6 Å². The van der Waals surface area contributed by atoms with Crippen molar-refractivity contribution in [1.82, 2.24) is 0 Å². The molecule has 0 heterocycles. The van der Waals surface area contributed by atoms with Gasteiger partial charge in [-0.2, -0.15) is 13.2 Å². The largest absolute Gasteiger partial charge is 0.471 e. The first-order valence-electron chi connectivity index (χ1n) is 6.77. The molecule has 0 bridgehead atoms. The first kappa shape index (κ1) is 17.8. The van der Waals surface area contributed by atoms with E-state index in [1.54, 1.807) is 29.6 Å². The van der Waals surface area contributed by atoms with Crippen LogP contribution in [0.3, 0.4) is 0 Å². The molecule has 2 rings (SSSR count). The van der Waals surface area contributed by atoms with Crippen LogP contribution in [0.25, 0.3) is 0 Å². The fourth-order valence-corrected chi connectivity index (χ4v) is 2.10. The molecule has 126 valence electrons. The Balaban J connectivity index is 2.03. The van der Waals surface area contributed by atoms with Crippen LogP contribution in [0.2, 0.25) is 5.02 Å². The zero-order valence-electron chi connectivity index (χ0n) is 12.2. The van der Waals surface area contributed by atoms with E-state index in [4.69, 9.17) is 11.6 Å². The lowest BCUT2D eigenvalue weighted by Gasteiger charge is -2.10. The Hall–Kier alpha value is -2.54.